The van der Waals surface area contributed by atoms with Crippen molar-refractivity contribution in [2.45, 2.75) is 19.4 Å². The van der Waals surface area contributed by atoms with Gasteiger partial charge in [0.2, 0.25) is 0 Å². The van der Waals surface area contributed by atoms with Crippen LogP contribution in [0.3, 0.4) is 0 Å². The van der Waals surface area contributed by atoms with Gasteiger partial charge in [0.05, 0.1) is 0 Å². The standard InChI is InChI=1S/C11H17N3O2S/c12-11-5-3-10(4-6-11)9-13-17(15,16)14-7-1-2-8-14/h3-6,13H,1-2,7-9,12H2. The highest BCUT2D eigenvalue weighted by Gasteiger charge is 2.24. The largest absolute Gasteiger partial charge is 0.399 e. The second kappa shape index (κ2) is 5.03. The van der Waals surface area contributed by atoms with Crippen LogP contribution in [-0.2, 0) is 16.8 Å². The van der Waals surface area contributed by atoms with Crippen molar-refractivity contribution in [3.63, 3.8) is 0 Å². The van der Waals surface area contributed by atoms with E-state index < -0.39 is 10.2 Å². The van der Waals surface area contributed by atoms with Crippen molar-refractivity contribution in [1.29, 1.82) is 0 Å². The molecular formula is C11H17N3O2S. The maximum absolute atomic E-state index is 11.9. The maximum Gasteiger partial charge on any atom is 0.279 e. The average Bonchev–Trinajstić information content (AvgIpc) is 2.82. The molecule has 0 saturated carbocycles. The third-order valence-corrected chi connectivity index (χ3v) is 4.40. The lowest BCUT2D eigenvalue weighted by molar-refractivity contribution is 0.464. The van der Waals surface area contributed by atoms with Crippen molar-refractivity contribution >= 4 is 15.9 Å². The SMILES string of the molecule is Nc1ccc(CNS(=O)(=O)N2CCCC2)cc1. The Kier molecular flexibility index (Phi) is 3.66. The van der Waals surface area contributed by atoms with Crippen molar-refractivity contribution in [2.24, 2.45) is 0 Å². The molecular weight excluding hydrogens is 238 g/mol. The molecule has 1 aliphatic heterocycles. The van der Waals surface area contributed by atoms with Crippen LogP contribution in [0.25, 0.3) is 0 Å². The second-order valence-corrected chi connectivity index (χ2v) is 5.93. The molecule has 0 aromatic heterocycles. The van der Waals surface area contributed by atoms with Gasteiger partial charge < -0.3 is 5.73 Å². The summed E-state index contributed by atoms with van der Waals surface area (Å²) in [4.78, 5) is 0. The fourth-order valence-electron chi connectivity index (χ4n) is 1.83. The third kappa shape index (κ3) is 3.18. The molecule has 2 rings (SSSR count). The summed E-state index contributed by atoms with van der Waals surface area (Å²) in [6, 6.07) is 7.17. The molecule has 0 radical (unpaired) electrons. The van der Waals surface area contributed by atoms with Gasteiger partial charge in [-0.25, -0.2) is 0 Å². The van der Waals surface area contributed by atoms with Crippen LogP contribution < -0.4 is 10.5 Å². The molecule has 5 nitrogen and oxygen atoms in total. The van der Waals surface area contributed by atoms with Gasteiger partial charge in [0, 0.05) is 25.3 Å². The normalized spacial score (nSPS) is 17.4. The number of benzene rings is 1. The minimum absolute atomic E-state index is 0.305. The van der Waals surface area contributed by atoms with Gasteiger partial charge in [-0.15, -0.1) is 0 Å². The summed E-state index contributed by atoms with van der Waals surface area (Å²) in [5, 5.41) is 0. The van der Waals surface area contributed by atoms with Crippen molar-refractivity contribution < 1.29 is 8.42 Å². The molecule has 17 heavy (non-hydrogen) atoms. The van der Waals surface area contributed by atoms with Crippen molar-refractivity contribution in [3.8, 4) is 0 Å². The topological polar surface area (TPSA) is 75.4 Å². The van der Waals surface area contributed by atoms with Crippen LogP contribution in [0.1, 0.15) is 18.4 Å². The van der Waals surface area contributed by atoms with Crippen LogP contribution in [0.15, 0.2) is 24.3 Å². The molecule has 0 aliphatic carbocycles. The van der Waals surface area contributed by atoms with E-state index in [2.05, 4.69) is 4.72 Å². The molecule has 3 N–H and O–H groups in total. The summed E-state index contributed by atoms with van der Waals surface area (Å²) in [7, 11) is -3.32. The van der Waals surface area contributed by atoms with E-state index in [4.69, 9.17) is 5.73 Å². The molecule has 1 aromatic carbocycles. The van der Waals surface area contributed by atoms with Crippen LogP contribution in [0, 0.1) is 0 Å². The first kappa shape index (κ1) is 12.3. The van der Waals surface area contributed by atoms with E-state index in [1.54, 1.807) is 12.1 Å². The number of nitrogens with one attached hydrogen (secondary N) is 1. The first-order valence-corrected chi connectivity index (χ1v) is 7.11. The molecule has 1 fully saturated rings. The van der Waals surface area contributed by atoms with Gasteiger partial charge >= 0.3 is 0 Å². The Labute approximate surface area is 102 Å². The lowest BCUT2D eigenvalue weighted by Gasteiger charge is -2.16. The Bertz CT molecular complexity index is 464. The van der Waals surface area contributed by atoms with Gasteiger partial charge in [-0.1, -0.05) is 12.1 Å². The summed E-state index contributed by atoms with van der Waals surface area (Å²) in [6.45, 7) is 1.55. The van der Waals surface area contributed by atoms with Crippen molar-refractivity contribution in [3.05, 3.63) is 29.8 Å². The summed E-state index contributed by atoms with van der Waals surface area (Å²) in [5.41, 5.74) is 7.14. The molecule has 1 heterocycles. The van der Waals surface area contributed by atoms with Crippen LogP contribution in [-0.4, -0.2) is 25.8 Å². The van der Waals surface area contributed by atoms with Crippen molar-refractivity contribution in [1.82, 2.24) is 9.03 Å². The van der Waals surface area contributed by atoms with Gasteiger partial charge in [0.25, 0.3) is 10.2 Å². The predicted molar refractivity (Wildman–Crippen MR) is 67.4 cm³/mol. The minimum atomic E-state index is -3.32. The molecule has 6 heteroatoms. The number of hydrogen-bond acceptors (Lipinski definition) is 3. The Morgan fingerprint density at radius 3 is 2.35 bits per heavy atom. The Hall–Kier alpha value is -1.11. The van der Waals surface area contributed by atoms with E-state index in [-0.39, 0.29) is 0 Å². The van der Waals surface area contributed by atoms with Crippen LogP contribution >= 0.6 is 0 Å². The molecule has 0 amide bonds. The van der Waals surface area contributed by atoms with E-state index >= 15 is 0 Å². The third-order valence-electron chi connectivity index (χ3n) is 2.84. The number of rotatable bonds is 4. The molecule has 1 aliphatic rings. The smallest absolute Gasteiger partial charge is 0.279 e. The highest BCUT2D eigenvalue weighted by molar-refractivity contribution is 7.87. The Morgan fingerprint density at radius 2 is 1.76 bits per heavy atom. The van der Waals surface area contributed by atoms with Crippen LogP contribution in [0.2, 0.25) is 0 Å². The zero-order valence-electron chi connectivity index (χ0n) is 9.59. The lowest BCUT2D eigenvalue weighted by atomic mass is 10.2. The molecule has 1 saturated heterocycles. The Balaban J connectivity index is 1.95. The maximum atomic E-state index is 11.9. The monoisotopic (exact) mass is 255 g/mol. The first-order chi connectivity index (χ1) is 8.08. The van der Waals surface area contributed by atoms with Gasteiger partial charge in [0.15, 0.2) is 0 Å². The minimum Gasteiger partial charge on any atom is -0.399 e. The van der Waals surface area contributed by atoms with Gasteiger partial charge in [-0.05, 0) is 30.5 Å². The van der Waals surface area contributed by atoms with Gasteiger partial charge in [-0.3, -0.25) is 0 Å². The first-order valence-electron chi connectivity index (χ1n) is 5.67. The summed E-state index contributed by atoms with van der Waals surface area (Å²) < 4.78 is 27.8. The molecule has 1 aromatic rings. The van der Waals surface area contributed by atoms with E-state index in [9.17, 15) is 8.42 Å². The summed E-state index contributed by atoms with van der Waals surface area (Å²) >= 11 is 0. The molecule has 0 spiro atoms. The molecule has 0 bridgehead atoms. The van der Waals surface area contributed by atoms with Crippen molar-refractivity contribution in [2.75, 3.05) is 18.8 Å². The molecule has 0 unspecified atom stereocenters. The number of nitrogens with two attached hydrogens (primary N) is 1. The number of hydrogen-bond donors (Lipinski definition) is 2. The van der Waals surface area contributed by atoms with E-state index in [1.165, 1.54) is 4.31 Å². The Morgan fingerprint density at radius 1 is 1.18 bits per heavy atom. The zero-order chi connectivity index (χ0) is 12.3. The van der Waals surface area contributed by atoms with Gasteiger partial charge in [0.1, 0.15) is 0 Å². The van der Waals surface area contributed by atoms with Crippen LogP contribution in [0.4, 0.5) is 5.69 Å². The fraction of sp³-hybridized carbons (Fsp3) is 0.455. The summed E-state index contributed by atoms with van der Waals surface area (Å²) in [5.74, 6) is 0. The molecule has 94 valence electrons. The van der Waals surface area contributed by atoms with E-state index in [0.717, 1.165) is 18.4 Å². The quantitative estimate of drug-likeness (QED) is 0.778. The number of nitrogens with zero attached hydrogens (tertiary/aromatic N) is 1. The molecule has 0 atom stereocenters. The van der Waals surface area contributed by atoms with Crippen LogP contribution in [0.5, 0.6) is 0 Å². The van der Waals surface area contributed by atoms with E-state index in [1.807, 2.05) is 12.1 Å². The average molecular weight is 255 g/mol. The number of anilines is 1. The summed E-state index contributed by atoms with van der Waals surface area (Å²) in [6.07, 6.45) is 1.89. The van der Waals surface area contributed by atoms with E-state index in [0.29, 0.717) is 25.3 Å². The zero-order valence-corrected chi connectivity index (χ0v) is 10.4. The highest BCUT2D eigenvalue weighted by Crippen LogP contribution is 2.12. The highest BCUT2D eigenvalue weighted by atomic mass is 32.2. The van der Waals surface area contributed by atoms with Gasteiger partial charge in [-0.2, -0.15) is 17.4 Å². The fourth-order valence-corrected chi connectivity index (χ4v) is 3.10. The second-order valence-electron chi connectivity index (χ2n) is 4.17. The predicted octanol–water partition coefficient (Wildman–Crippen LogP) is 0.699. The lowest BCUT2D eigenvalue weighted by Crippen LogP contribution is -2.38. The number of nitrogen functional groups attached to an aromatic ring is 1.